The zero-order valence-corrected chi connectivity index (χ0v) is 21.7. The number of amides is 1. The van der Waals surface area contributed by atoms with Crippen molar-refractivity contribution in [3.8, 4) is 11.3 Å². The number of para-hydroxylation sites is 1. The fourth-order valence-electron chi connectivity index (χ4n) is 5.61. The van der Waals surface area contributed by atoms with Crippen LogP contribution in [0.25, 0.3) is 22.2 Å². The van der Waals surface area contributed by atoms with Gasteiger partial charge in [0.1, 0.15) is 0 Å². The normalized spacial score (nSPS) is 15.0. The number of aryl methyl sites for hydroxylation is 1. The standard InChI is InChI=1S/C32H37N3O/c1-23(2)32(36)33-27-13-9-12-26(22-27)24-16-19-35(20-17-24)21-18-29-28-14-7-8-15-30(28)34(3)31(29)25-10-5-4-6-11-25/h4-15,22-24H,16-21H2,1-3H3,(H,33,36). The molecule has 186 valence electrons. The topological polar surface area (TPSA) is 37.3 Å². The largest absolute Gasteiger partial charge is 0.343 e. The summed E-state index contributed by atoms with van der Waals surface area (Å²) in [6, 6.07) is 28.0. The summed E-state index contributed by atoms with van der Waals surface area (Å²) in [6.45, 7) is 7.15. The van der Waals surface area contributed by atoms with Gasteiger partial charge in [0, 0.05) is 36.1 Å². The second kappa shape index (κ2) is 10.7. The first-order valence-corrected chi connectivity index (χ1v) is 13.3. The molecule has 0 saturated carbocycles. The van der Waals surface area contributed by atoms with Crippen LogP contribution in [0.4, 0.5) is 5.69 Å². The minimum absolute atomic E-state index is 0.0129. The number of nitrogens with one attached hydrogen (secondary N) is 1. The molecule has 1 saturated heterocycles. The molecule has 5 rings (SSSR count). The van der Waals surface area contributed by atoms with Gasteiger partial charge in [0.25, 0.3) is 0 Å². The minimum atomic E-state index is -0.0129. The zero-order chi connectivity index (χ0) is 25.1. The predicted octanol–water partition coefficient (Wildman–Crippen LogP) is 6.86. The number of nitrogens with zero attached hydrogens (tertiary/aromatic N) is 2. The van der Waals surface area contributed by atoms with E-state index in [0.29, 0.717) is 5.92 Å². The lowest BCUT2D eigenvalue weighted by Crippen LogP contribution is -2.34. The van der Waals surface area contributed by atoms with Gasteiger partial charge in [0.05, 0.1) is 5.69 Å². The second-order valence-electron chi connectivity index (χ2n) is 10.4. The quantitative estimate of drug-likeness (QED) is 0.314. The van der Waals surface area contributed by atoms with E-state index in [1.165, 1.54) is 33.3 Å². The number of rotatable bonds is 7. The molecule has 3 aromatic carbocycles. The third kappa shape index (κ3) is 5.10. The maximum atomic E-state index is 12.1. The fraction of sp³-hybridized carbons (Fsp3) is 0.344. The van der Waals surface area contributed by atoms with Crippen LogP contribution in [0, 0.1) is 5.92 Å². The number of hydrogen-bond donors (Lipinski definition) is 1. The molecule has 4 aromatic rings. The van der Waals surface area contributed by atoms with Crippen molar-refractivity contribution in [1.29, 1.82) is 0 Å². The lowest BCUT2D eigenvalue weighted by atomic mass is 9.89. The first-order chi connectivity index (χ1) is 17.5. The van der Waals surface area contributed by atoms with Gasteiger partial charge < -0.3 is 14.8 Å². The summed E-state index contributed by atoms with van der Waals surface area (Å²) in [5, 5.41) is 4.42. The molecule has 1 aliphatic heterocycles. The highest BCUT2D eigenvalue weighted by Crippen LogP contribution is 2.34. The Hall–Kier alpha value is -3.37. The van der Waals surface area contributed by atoms with Crippen LogP contribution in [0.3, 0.4) is 0 Å². The highest BCUT2D eigenvalue weighted by Gasteiger charge is 2.22. The van der Waals surface area contributed by atoms with E-state index in [1.54, 1.807) is 0 Å². The Kier molecular flexibility index (Phi) is 7.24. The van der Waals surface area contributed by atoms with Crippen molar-refractivity contribution in [2.24, 2.45) is 13.0 Å². The van der Waals surface area contributed by atoms with Crippen molar-refractivity contribution < 1.29 is 4.79 Å². The monoisotopic (exact) mass is 479 g/mol. The summed E-state index contributed by atoms with van der Waals surface area (Å²) in [5.41, 5.74) is 7.64. The predicted molar refractivity (Wildman–Crippen MR) is 150 cm³/mol. The van der Waals surface area contributed by atoms with Crippen LogP contribution >= 0.6 is 0 Å². The molecule has 0 spiro atoms. The number of likely N-dealkylation sites (tertiary alicyclic amines) is 1. The summed E-state index contributed by atoms with van der Waals surface area (Å²) in [5.74, 6) is 0.612. The molecule has 0 aliphatic carbocycles. The second-order valence-corrected chi connectivity index (χ2v) is 10.4. The van der Waals surface area contributed by atoms with Crippen LogP contribution in [0.5, 0.6) is 0 Å². The smallest absolute Gasteiger partial charge is 0.226 e. The average Bonchev–Trinajstić information content (AvgIpc) is 3.20. The molecule has 1 amide bonds. The highest BCUT2D eigenvalue weighted by molar-refractivity contribution is 5.92. The van der Waals surface area contributed by atoms with E-state index >= 15 is 0 Å². The van der Waals surface area contributed by atoms with Crippen molar-refractivity contribution in [3.05, 3.63) is 90.0 Å². The van der Waals surface area contributed by atoms with Crippen LogP contribution in [0.2, 0.25) is 0 Å². The van der Waals surface area contributed by atoms with Gasteiger partial charge >= 0.3 is 0 Å². The molecule has 4 nitrogen and oxygen atoms in total. The first kappa shape index (κ1) is 24.3. The number of benzene rings is 3. The lowest BCUT2D eigenvalue weighted by molar-refractivity contribution is -0.118. The van der Waals surface area contributed by atoms with E-state index < -0.39 is 0 Å². The van der Waals surface area contributed by atoms with Crippen molar-refractivity contribution in [3.63, 3.8) is 0 Å². The van der Waals surface area contributed by atoms with Crippen molar-refractivity contribution in [2.45, 2.75) is 39.0 Å². The van der Waals surface area contributed by atoms with Gasteiger partial charge in [-0.25, -0.2) is 0 Å². The van der Waals surface area contributed by atoms with Gasteiger partial charge in [0.2, 0.25) is 5.91 Å². The molecule has 1 aliphatic rings. The van der Waals surface area contributed by atoms with Gasteiger partial charge in [-0.1, -0.05) is 74.5 Å². The number of aromatic nitrogens is 1. The summed E-state index contributed by atoms with van der Waals surface area (Å²) >= 11 is 0. The van der Waals surface area contributed by atoms with E-state index in [-0.39, 0.29) is 11.8 Å². The van der Waals surface area contributed by atoms with Gasteiger partial charge in [0.15, 0.2) is 0 Å². The summed E-state index contributed by atoms with van der Waals surface area (Å²) in [4.78, 5) is 14.7. The number of carbonyl (C=O) groups is 1. The van der Waals surface area contributed by atoms with Crippen molar-refractivity contribution in [1.82, 2.24) is 9.47 Å². The highest BCUT2D eigenvalue weighted by atomic mass is 16.1. The molecule has 0 bridgehead atoms. The van der Waals surface area contributed by atoms with E-state index in [0.717, 1.165) is 44.6 Å². The molecule has 36 heavy (non-hydrogen) atoms. The Morgan fingerprint density at radius 1 is 0.944 bits per heavy atom. The summed E-state index contributed by atoms with van der Waals surface area (Å²) < 4.78 is 2.36. The number of anilines is 1. The number of hydrogen-bond acceptors (Lipinski definition) is 2. The molecular formula is C32H37N3O. The van der Waals surface area contributed by atoms with Crippen molar-refractivity contribution >= 4 is 22.5 Å². The number of carbonyl (C=O) groups excluding carboxylic acids is 1. The van der Waals surface area contributed by atoms with Gasteiger partial charge in [-0.2, -0.15) is 0 Å². The first-order valence-electron chi connectivity index (χ1n) is 13.3. The van der Waals surface area contributed by atoms with E-state index in [1.807, 2.05) is 19.9 Å². The third-order valence-corrected chi connectivity index (χ3v) is 7.67. The number of piperidine rings is 1. The number of fused-ring (bicyclic) bond motifs is 1. The third-order valence-electron chi connectivity index (χ3n) is 7.67. The Morgan fingerprint density at radius 2 is 1.67 bits per heavy atom. The molecule has 1 N–H and O–H groups in total. The Balaban J connectivity index is 1.26. The molecule has 0 radical (unpaired) electrons. The average molecular weight is 480 g/mol. The zero-order valence-electron chi connectivity index (χ0n) is 21.7. The summed E-state index contributed by atoms with van der Waals surface area (Å²) in [7, 11) is 2.19. The van der Waals surface area contributed by atoms with Crippen LogP contribution < -0.4 is 5.32 Å². The summed E-state index contributed by atoms with van der Waals surface area (Å²) in [6.07, 6.45) is 3.36. The van der Waals surface area contributed by atoms with Gasteiger partial charge in [-0.3, -0.25) is 4.79 Å². The Bertz CT molecular complexity index is 1330. The fourth-order valence-corrected chi connectivity index (χ4v) is 5.61. The Morgan fingerprint density at radius 3 is 2.42 bits per heavy atom. The molecule has 4 heteroatoms. The maximum Gasteiger partial charge on any atom is 0.226 e. The van der Waals surface area contributed by atoms with E-state index in [9.17, 15) is 4.79 Å². The lowest BCUT2D eigenvalue weighted by Gasteiger charge is -2.32. The molecule has 2 heterocycles. The van der Waals surface area contributed by atoms with Crippen LogP contribution in [0.1, 0.15) is 43.7 Å². The van der Waals surface area contributed by atoms with Crippen LogP contribution in [-0.2, 0) is 18.3 Å². The van der Waals surface area contributed by atoms with E-state index in [2.05, 4.69) is 94.6 Å². The molecule has 1 fully saturated rings. The van der Waals surface area contributed by atoms with Gasteiger partial charge in [-0.15, -0.1) is 0 Å². The van der Waals surface area contributed by atoms with Crippen LogP contribution in [-0.4, -0.2) is 35.0 Å². The molecular weight excluding hydrogens is 442 g/mol. The molecule has 1 aromatic heterocycles. The van der Waals surface area contributed by atoms with Gasteiger partial charge in [-0.05, 0) is 73.2 Å². The molecule has 0 atom stereocenters. The van der Waals surface area contributed by atoms with Crippen molar-refractivity contribution in [2.75, 3.05) is 25.0 Å². The molecule has 0 unspecified atom stereocenters. The minimum Gasteiger partial charge on any atom is -0.343 e. The maximum absolute atomic E-state index is 12.1. The SMILES string of the molecule is CC(C)C(=O)Nc1cccc(C2CCN(CCc3c(-c4ccccc4)n(C)c4ccccc34)CC2)c1. The van der Waals surface area contributed by atoms with E-state index in [4.69, 9.17) is 0 Å². The van der Waals surface area contributed by atoms with Crippen LogP contribution in [0.15, 0.2) is 78.9 Å². The Labute approximate surface area is 214 Å².